The van der Waals surface area contributed by atoms with E-state index in [1.165, 1.54) is 0 Å². The second-order valence-electron chi connectivity index (χ2n) is 3.12. The zero-order valence-corrected chi connectivity index (χ0v) is 6.44. The molecule has 0 amide bonds. The van der Waals surface area contributed by atoms with Crippen LogP contribution in [0.2, 0.25) is 0 Å². The molecule has 0 spiro atoms. The standard InChI is InChI=1S/C8H15N/c1-8(2,3)6-4-5-7-9/h5-6H,7,9H2,1-3H3. The molecule has 0 saturated heterocycles. The lowest BCUT2D eigenvalue weighted by Gasteiger charge is -2.08. The van der Waals surface area contributed by atoms with Crippen LogP contribution in [0.4, 0.5) is 0 Å². The molecule has 0 heterocycles. The van der Waals surface area contributed by atoms with Crippen molar-refractivity contribution >= 4 is 0 Å². The molecule has 1 nitrogen and oxygen atoms in total. The third-order valence-electron chi connectivity index (χ3n) is 0.752. The van der Waals surface area contributed by atoms with Crippen LogP contribution in [0.25, 0.3) is 0 Å². The van der Waals surface area contributed by atoms with E-state index in [9.17, 15) is 0 Å². The summed E-state index contributed by atoms with van der Waals surface area (Å²) in [6.45, 7) is 6.96. The highest BCUT2D eigenvalue weighted by molar-refractivity contribution is 4.93. The van der Waals surface area contributed by atoms with Gasteiger partial charge in [0.15, 0.2) is 0 Å². The second kappa shape index (κ2) is 3.49. The highest BCUT2D eigenvalue weighted by Crippen LogP contribution is 2.12. The molecular formula is C8H15N. The number of hydrogen-bond acceptors (Lipinski definition) is 1. The lowest BCUT2D eigenvalue weighted by molar-refractivity contribution is 0.545. The topological polar surface area (TPSA) is 26.0 Å². The first-order chi connectivity index (χ1) is 4.06. The van der Waals surface area contributed by atoms with Gasteiger partial charge in [-0.25, -0.2) is 0 Å². The average molecular weight is 125 g/mol. The van der Waals surface area contributed by atoms with Gasteiger partial charge < -0.3 is 5.73 Å². The molecule has 0 aromatic rings. The Morgan fingerprint density at radius 2 is 2.00 bits per heavy atom. The molecule has 0 saturated carbocycles. The van der Waals surface area contributed by atoms with Gasteiger partial charge in [0.25, 0.3) is 0 Å². The van der Waals surface area contributed by atoms with Gasteiger partial charge in [-0.2, -0.15) is 0 Å². The van der Waals surface area contributed by atoms with Gasteiger partial charge in [-0.15, -0.1) is 5.73 Å². The van der Waals surface area contributed by atoms with Crippen molar-refractivity contribution in [1.82, 2.24) is 0 Å². The van der Waals surface area contributed by atoms with Gasteiger partial charge in [0.1, 0.15) is 0 Å². The first-order valence-corrected chi connectivity index (χ1v) is 3.18. The lowest BCUT2D eigenvalue weighted by Crippen LogP contribution is -1.97. The van der Waals surface area contributed by atoms with Crippen molar-refractivity contribution in [3.05, 3.63) is 17.9 Å². The molecule has 0 atom stereocenters. The molecule has 0 aliphatic carbocycles. The van der Waals surface area contributed by atoms with E-state index >= 15 is 0 Å². The molecule has 0 aliphatic heterocycles. The van der Waals surface area contributed by atoms with Crippen LogP contribution in [-0.2, 0) is 0 Å². The van der Waals surface area contributed by atoms with Gasteiger partial charge in [-0.1, -0.05) is 20.8 Å². The van der Waals surface area contributed by atoms with Crippen LogP contribution in [0.15, 0.2) is 17.9 Å². The van der Waals surface area contributed by atoms with Gasteiger partial charge in [0.05, 0.1) is 0 Å². The minimum atomic E-state index is 0.228. The molecule has 0 aliphatic rings. The summed E-state index contributed by atoms with van der Waals surface area (Å²) in [5.74, 6) is 0. The fourth-order valence-corrected chi connectivity index (χ4v) is 0.377. The third-order valence-corrected chi connectivity index (χ3v) is 0.752. The SMILES string of the molecule is CC(C)(C)C=C=CCN. The maximum atomic E-state index is 5.22. The Labute approximate surface area is 57.3 Å². The Morgan fingerprint density at radius 1 is 1.44 bits per heavy atom. The van der Waals surface area contributed by atoms with Crippen LogP contribution in [0, 0.1) is 5.41 Å². The van der Waals surface area contributed by atoms with Crippen molar-refractivity contribution in [1.29, 1.82) is 0 Å². The normalized spacial score (nSPS) is 10.2. The monoisotopic (exact) mass is 125 g/mol. The summed E-state index contributed by atoms with van der Waals surface area (Å²) < 4.78 is 0. The molecule has 9 heavy (non-hydrogen) atoms. The van der Waals surface area contributed by atoms with Crippen LogP contribution >= 0.6 is 0 Å². The average Bonchev–Trinajstić information content (AvgIpc) is 1.63. The highest BCUT2D eigenvalue weighted by Gasteiger charge is 2.01. The zero-order chi connectivity index (χ0) is 7.33. The predicted molar refractivity (Wildman–Crippen MR) is 41.2 cm³/mol. The van der Waals surface area contributed by atoms with Crippen LogP contribution in [0.3, 0.4) is 0 Å². The van der Waals surface area contributed by atoms with Crippen molar-refractivity contribution in [3.8, 4) is 0 Å². The predicted octanol–water partition coefficient (Wildman–Crippen LogP) is 1.70. The Bertz CT molecular complexity index is 122. The van der Waals surface area contributed by atoms with E-state index in [4.69, 9.17) is 5.73 Å². The van der Waals surface area contributed by atoms with E-state index in [1.807, 2.05) is 12.2 Å². The quantitative estimate of drug-likeness (QED) is 0.530. The summed E-state index contributed by atoms with van der Waals surface area (Å²) in [5, 5.41) is 0. The van der Waals surface area contributed by atoms with Crippen molar-refractivity contribution in [2.45, 2.75) is 20.8 Å². The highest BCUT2D eigenvalue weighted by atomic mass is 14.5. The molecule has 52 valence electrons. The summed E-state index contributed by atoms with van der Waals surface area (Å²) >= 11 is 0. The first-order valence-electron chi connectivity index (χ1n) is 3.18. The minimum absolute atomic E-state index is 0.228. The fourth-order valence-electron chi connectivity index (χ4n) is 0.377. The lowest BCUT2D eigenvalue weighted by atomic mass is 9.97. The van der Waals surface area contributed by atoms with E-state index in [2.05, 4.69) is 26.5 Å². The molecule has 0 aromatic heterocycles. The Hall–Kier alpha value is -0.520. The van der Waals surface area contributed by atoms with Gasteiger partial charge >= 0.3 is 0 Å². The molecule has 0 aromatic carbocycles. The van der Waals surface area contributed by atoms with Gasteiger partial charge in [0.2, 0.25) is 0 Å². The maximum Gasteiger partial charge on any atom is 0.0182 e. The van der Waals surface area contributed by atoms with Gasteiger partial charge in [-0.05, 0) is 17.6 Å². The van der Waals surface area contributed by atoms with Crippen molar-refractivity contribution in [2.24, 2.45) is 11.1 Å². The molecular weight excluding hydrogens is 110 g/mol. The molecule has 2 N–H and O–H groups in total. The van der Waals surface area contributed by atoms with Crippen molar-refractivity contribution in [3.63, 3.8) is 0 Å². The van der Waals surface area contributed by atoms with E-state index < -0.39 is 0 Å². The van der Waals surface area contributed by atoms with Crippen LogP contribution in [-0.4, -0.2) is 6.54 Å². The number of rotatable bonds is 1. The molecule has 0 radical (unpaired) electrons. The Balaban J connectivity index is 3.84. The summed E-state index contributed by atoms with van der Waals surface area (Å²) in [4.78, 5) is 0. The molecule has 0 bridgehead atoms. The number of hydrogen-bond donors (Lipinski definition) is 1. The largest absolute Gasteiger partial charge is 0.326 e. The van der Waals surface area contributed by atoms with Crippen LogP contribution in [0.1, 0.15) is 20.8 Å². The molecule has 0 rings (SSSR count). The first kappa shape index (κ1) is 8.48. The van der Waals surface area contributed by atoms with E-state index in [-0.39, 0.29) is 5.41 Å². The summed E-state index contributed by atoms with van der Waals surface area (Å²) in [7, 11) is 0. The van der Waals surface area contributed by atoms with Crippen molar-refractivity contribution < 1.29 is 0 Å². The number of nitrogens with two attached hydrogens (primary N) is 1. The minimum Gasteiger partial charge on any atom is -0.326 e. The molecule has 0 fully saturated rings. The second-order valence-corrected chi connectivity index (χ2v) is 3.12. The molecule has 1 heteroatoms. The zero-order valence-electron chi connectivity index (χ0n) is 6.44. The fraction of sp³-hybridized carbons (Fsp3) is 0.625. The summed E-state index contributed by atoms with van der Waals surface area (Å²) in [5.41, 5.74) is 8.45. The molecule has 0 unspecified atom stereocenters. The van der Waals surface area contributed by atoms with Gasteiger partial charge in [0, 0.05) is 6.54 Å². The van der Waals surface area contributed by atoms with Gasteiger partial charge in [-0.3, -0.25) is 0 Å². The maximum absolute atomic E-state index is 5.22. The summed E-state index contributed by atoms with van der Waals surface area (Å²) in [6.07, 6.45) is 3.84. The van der Waals surface area contributed by atoms with E-state index in [1.54, 1.807) is 0 Å². The van der Waals surface area contributed by atoms with E-state index in [0.29, 0.717) is 6.54 Å². The third kappa shape index (κ3) is 7.48. The van der Waals surface area contributed by atoms with Crippen LogP contribution < -0.4 is 5.73 Å². The smallest absolute Gasteiger partial charge is 0.0182 e. The van der Waals surface area contributed by atoms with E-state index in [0.717, 1.165) is 0 Å². The Kier molecular flexibility index (Phi) is 3.29. The van der Waals surface area contributed by atoms with Crippen LogP contribution in [0.5, 0.6) is 0 Å². The van der Waals surface area contributed by atoms with Crippen molar-refractivity contribution in [2.75, 3.05) is 6.54 Å². The summed E-state index contributed by atoms with van der Waals surface area (Å²) in [6, 6.07) is 0. The Morgan fingerprint density at radius 3 is 2.33 bits per heavy atom.